The second-order valence-corrected chi connectivity index (χ2v) is 6.00. The fourth-order valence-corrected chi connectivity index (χ4v) is 2.99. The van der Waals surface area contributed by atoms with E-state index in [4.69, 9.17) is 4.42 Å². The highest BCUT2D eigenvalue weighted by Crippen LogP contribution is 2.19. The van der Waals surface area contributed by atoms with Crippen molar-refractivity contribution in [2.24, 2.45) is 0 Å². The van der Waals surface area contributed by atoms with Gasteiger partial charge in [-0.05, 0) is 42.3 Å². The van der Waals surface area contributed by atoms with Crippen LogP contribution in [0.1, 0.15) is 15.9 Å². The molecular weight excluding hydrogens is 335 g/mol. The molecule has 0 bridgehead atoms. The van der Waals surface area contributed by atoms with Crippen molar-refractivity contribution in [3.63, 3.8) is 0 Å². The molecule has 0 radical (unpaired) electrons. The van der Waals surface area contributed by atoms with Gasteiger partial charge >= 0.3 is 5.63 Å². The van der Waals surface area contributed by atoms with E-state index >= 15 is 0 Å². The molecule has 4 aromatic rings. The molecule has 0 aliphatic heterocycles. The number of hydrogen-bond donors (Lipinski definition) is 2. The molecule has 0 unspecified atom stereocenters. The van der Waals surface area contributed by atoms with Gasteiger partial charge in [-0.3, -0.25) is 4.79 Å². The molecular formula is C20H15FN2O3. The molecule has 6 heteroatoms. The topological polar surface area (TPSA) is 75.1 Å². The SMILES string of the molecule is O=C(NCCc1c[nH]c2cc(F)ccc12)c1cc2ccccc2oc1=O. The van der Waals surface area contributed by atoms with E-state index in [1.54, 1.807) is 30.5 Å². The Morgan fingerprint density at radius 1 is 1.15 bits per heavy atom. The predicted octanol–water partition coefficient (Wildman–Crippen LogP) is 3.39. The normalized spacial score (nSPS) is 11.1. The summed E-state index contributed by atoms with van der Waals surface area (Å²) in [6, 6.07) is 13.1. The van der Waals surface area contributed by atoms with E-state index in [1.165, 1.54) is 18.2 Å². The minimum absolute atomic E-state index is 0.0234. The molecule has 4 rings (SSSR count). The first-order chi connectivity index (χ1) is 12.6. The summed E-state index contributed by atoms with van der Waals surface area (Å²) in [5, 5.41) is 4.33. The Hall–Kier alpha value is -3.41. The van der Waals surface area contributed by atoms with Crippen molar-refractivity contribution in [3.05, 3.63) is 82.1 Å². The summed E-state index contributed by atoms with van der Waals surface area (Å²) in [5.74, 6) is -0.780. The van der Waals surface area contributed by atoms with Crippen molar-refractivity contribution in [1.82, 2.24) is 10.3 Å². The molecule has 2 heterocycles. The van der Waals surface area contributed by atoms with E-state index in [1.807, 2.05) is 6.07 Å². The van der Waals surface area contributed by atoms with Gasteiger partial charge in [-0.25, -0.2) is 9.18 Å². The smallest absolute Gasteiger partial charge is 0.349 e. The number of amides is 1. The Bertz CT molecular complexity index is 1180. The fraction of sp³-hybridized carbons (Fsp3) is 0.100. The third-order valence-electron chi connectivity index (χ3n) is 4.30. The minimum atomic E-state index is -0.663. The van der Waals surface area contributed by atoms with Gasteiger partial charge in [-0.15, -0.1) is 0 Å². The molecule has 0 saturated heterocycles. The molecule has 0 aliphatic carbocycles. The largest absolute Gasteiger partial charge is 0.422 e. The maximum atomic E-state index is 13.2. The molecule has 5 nitrogen and oxygen atoms in total. The zero-order valence-corrected chi connectivity index (χ0v) is 13.7. The Kier molecular flexibility index (Phi) is 4.01. The zero-order valence-electron chi connectivity index (χ0n) is 13.7. The van der Waals surface area contributed by atoms with Gasteiger partial charge in [-0.2, -0.15) is 0 Å². The monoisotopic (exact) mass is 350 g/mol. The highest BCUT2D eigenvalue weighted by Gasteiger charge is 2.13. The summed E-state index contributed by atoms with van der Waals surface area (Å²) in [6.07, 6.45) is 2.34. The van der Waals surface area contributed by atoms with Crippen LogP contribution in [0.15, 0.2) is 63.9 Å². The molecule has 26 heavy (non-hydrogen) atoms. The van der Waals surface area contributed by atoms with Crippen molar-refractivity contribution in [1.29, 1.82) is 0 Å². The van der Waals surface area contributed by atoms with Gasteiger partial charge in [0.2, 0.25) is 0 Å². The van der Waals surface area contributed by atoms with Gasteiger partial charge in [0.1, 0.15) is 17.0 Å². The first-order valence-electron chi connectivity index (χ1n) is 8.18. The lowest BCUT2D eigenvalue weighted by Gasteiger charge is -2.05. The Balaban J connectivity index is 1.48. The summed E-state index contributed by atoms with van der Waals surface area (Å²) >= 11 is 0. The first-order valence-corrected chi connectivity index (χ1v) is 8.18. The van der Waals surface area contributed by atoms with E-state index < -0.39 is 11.5 Å². The molecule has 0 aliphatic rings. The molecule has 0 saturated carbocycles. The third-order valence-corrected chi connectivity index (χ3v) is 4.30. The minimum Gasteiger partial charge on any atom is -0.422 e. The zero-order chi connectivity index (χ0) is 18.1. The summed E-state index contributed by atoms with van der Waals surface area (Å²) in [7, 11) is 0. The molecule has 0 spiro atoms. The quantitative estimate of drug-likeness (QED) is 0.554. The molecule has 0 fully saturated rings. The van der Waals surface area contributed by atoms with Crippen LogP contribution in [0, 0.1) is 5.82 Å². The van der Waals surface area contributed by atoms with Crippen LogP contribution >= 0.6 is 0 Å². The lowest BCUT2D eigenvalue weighted by atomic mass is 10.1. The number of benzene rings is 2. The number of halogens is 1. The van der Waals surface area contributed by atoms with Crippen LogP contribution in [0.2, 0.25) is 0 Å². The van der Waals surface area contributed by atoms with E-state index in [0.29, 0.717) is 29.5 Å². The van der Waals surface area contributed by atoms with Crippen molar-refractivity contribution in [2.45, 2.75) is 6.42 Å². The van der Waals surface area contributed by atoms with E-state index in [2.05, 4.69) is 10.3 Å². The van der Waals surface area contributed by atoms with Crippen LogP contribution in [0.3, 0.4) is 0 Å². The van der Waals surface area contributed by atoms with Crippen molar-refractivity contribution in [2.75, 3.05) is 6.54 Å². The third kappa shape index (κ3) is 2.97. The van der Waals surface area contributed by atoms with Crippen molar-refractivity contribution in [3.8, 4) is 0 Å². The van der Waals surface area contributed by atoms with E-state index in [9.17, 15) is 14.0 Å². The predicted molar refractivity (Wildman–Crippen MR) is 96.8 cm³/mol. The second kappa shape index (κ2) is 6.48. The lowest BCUT2D eigenvalue weighted by Crippen LogP contribution is -2.29. The van der Waals surface area contributed by atoms with Gasteiger partial charge in [0.25, 0.3) is 5.91 Å². The van der Waals surface area contributed by atoms with Crippen LogP contribution < -0.4 is 10.9 Å². The second-order valence-electron chi connectivity index (χ2n) is 6.00. The van der Waals surface area contributed by atoms with Crippen LogP contribution in [0.25, 0.3) is 21.9 Å². The fourth-order valence-electron chi connectivity index (χ4n) is 2.99. The average Bonchev–Trinajstić information content (AvgIpc) is 3.03. The van der Waals surface area contributed by atoms with Crippen LogP contribution in [0.5, 0.6) is 0 Å². The number of H-pyrrole nitrogens is 1. The number of aromatic amines is 1. The molecule has 1 amide bonds. The molecule has 2 N–H and O–H groups in total. The van der Waals surface area contributed by atoms with Crippen LogP contribution in [-0.2, 0) is 6.42 Å². The molecule has 2 aromatic carbocycles. The summed E-state index contributed by atoms with van der Waals surface area (Å²) in [6.45, 7) is 0.343. The number of rotatable bonds is 4. The Morgan fingerprint density at radius 3 is 2.88 bits per heavy atom. The van der Waals surface area contributed by atoms with Gasteiger partial charge in [0.05, 0.1) is 0 Å². The van der Waals surface area contributed by atoms with Crippen LogP contribution in [0.4, 0.5) is 4.39 Å². The van der Waals surface area contributed by atoms with E-state index in [0.717, 1.165) is 10.9 Å². The summed E-state index contributed by atoms with van der Waals surface area (Å²) < 4.78 is 18.4. The summed E-state index contributed by atoms with van der Waals surface area (Å²) in [4.78, 5) is 27.3. The number of aromatic nitrogens is 1. The number of fused-ring (bicyclic) bond motifs is 2. The average molecular weight is 350 g/mol. The van der Waals surface area contributed by atoms with Crippen molar-refractivity contribution < 1.29 is 13.6 Å². The van der Waals surface area contributed by atoms with Gasteiger partial charge < -0.3 is 14.7 Å². The van der Waals surface area contributed by atoms with Gasteiger partial charge in [0, 0.05) is 29.0 Å². The maximum absolute atomic E-state index is 13.2. The number of nitrogens with one attached hydrogen (secondary N) is 2. The summed E-state index contributed by atoms with van der Waals surface area (Å²) in [5.41, 5.74) is 1.43. The number of hydrogen-bond acceptors (Lipinski definition) is 3. The first kappa shape index (κ1) is 16.1. The maximum Gasteiger partial charge on any atom is 0.349 e. The molecule has 2 aromatic heterocycles. The highest BCUT2D eigenvalue weighted by atomic mass is 19.1. The highest BCUT2D eigenvalue weighted by molar-refractivity contribution is 5.96. The van der Waals surface area contributed by atoms with Crippen molar-refractivity contribution >= 4 is 27.8 Å². The lowest BCUT2D eigenvalue weighted by molar-refractivity contribution is 0.0950. The Morgan fingerprint density at radius 2 is 2.00 bits per heavy atom. The number of carbonyl (C=O) groups is 1. The van der Waals surface area contributed by atoms with Crippen LogP contribution in [-0.4, -0.2) is 17.4 Å². The van der Waals surface area contributed by atoms with E-state index in [-0.39, 0.29) is 11.4 Å². The standard InChI is InChI=1S/C20H15FN2O3/c21-14-5-6-15-13(11-23-17(15)10-14)7-8-22-19(24)16-9-12-3-1-2-4-18(12)26-20(16)25/h1-6,9-11,23H,7-8H2,(H,22,24). The number of para-hydroxylation sites is 1. The Labute approximate surface area is 147 Å². The molecule has 130 valence electrons. The van der Waals surface area contributed by atoms with Gasteiger partial charge in [-0.1, -0.05) is 18.2 Å². The van der Waals surface area contributed by atoms with Gasteiger partial charge in [0.15, 0.2) is 0 Å². The number of carbonyl (C=O) groups excluding carboxylic acids is 1. The molecule has 0 atom stereocenters.